The number of amides is 1. The van der Waals surface area contributed by atoms with Gasteiger partial charge in [0.15, 0.2) is 0 Å². The summed E-state index contributed by atoms with van der Waals surface area (Å²) < 4.78 is 5.76. The Morgan fingerprint density at radius 2 is 1.92 bits per heavy atom. The molecule has 0 aromatic heterocycles. The number of nitrogens with one attached hydrogen (secondary N) is 1. The first-order valence-electron chi connectivity index (χ1n) is 7.23. The molecule has 0 aliphatic heterocycles. The quantitative estimate of drug-likeness (QED) is 0.677. The van der Waals surface area contributed by atoms with Gasteiger partial charge in [-0.3, -0.25) is 0 Å². The SMILES string of the molecule is O=C(NCC(O)C(O)c1cc(Br)ccc1Cl)OCc1ccccc1. The maximum atomic E-state index is 11.6. The summed E-state index contributed by atoms with van der Waals surface area (Å²) in [5, 5.41) is 22.9. The number of carbonyl (C=O) groups is 1. The fourth-order valence-electron chi connectivity index (χ4n) is 2.02. The number of hydrogen-bond donors (Lipinski definition) is 3. The Bertz CT molecular complexity index is 684. The average molecular weight is 415 g/mol. The number of alkyl carbamates (subject to hydrolysis) is 1. The van der Waals surface area contributed by atoms with Crippen LogP contribution in [0.25, 0.3) is 0 Å². The lowest BCUT2D eigenvalue weighted by atomic mass is 10.0. The fourth-order valence-corrected chi connectivity index (χ4v) is 2.63. The van der Waals surface area contributed by atoms with E-state index >= 15 is 0 Å². The van der Waals surface area contributed by atoms with Gasteiger partial charge in [-0.15, -0.1) is 0 Å². The van der Waals surface area contributed by atoms with Crippen LogP contribution >= 0.6 is 27.5 Å². The zero-order valence-corrected chi connectivity index (χ0v) is 15.0. The van der Waals surface area contributed by atoms with Gasteiger partial charge >= 0.3 is 6.09 Å². The van der Waals surface area contributed by atoms with E-state index in [2.05, 4.69) is 21.2 Å². The number of rotatable bonds is 6. The van der Waals surface area contributed by atoms with E-state index in [1.165, 1.54) is 0 Å². The standard InChI is InChI=1S/C17H17BrClNO4/c18-12-6-7-14(19)13(8-12)16(22)15(21)9-20-17(23)24-10-11-4-2-1-3-5-11/h1-8,15-16,21-22H,9-10H2,(H,20,23). The van der Waals surface area contributed by atoms with E-state index in [-0.39, 0.29) is 13.2 Å². The smallest absolute Gasteiger partial charge is 0.407 e. The van der Waals surface area contributed by atoms with Gasteiger partial charge in [-0.25, -0.2) is 4.79 Å². The molecule has 2 atom stereocenters. The van der Waals surface area contributed by atoms with E-state index < -0.39 is 18.3 Å². The lowest BCUT2D eigenvalue weighted by molar-refractivity contribution is 0.0184. The number of benzene rings is 2. The molecule has 0 bridgehead atoms. The highest BCUT2D eigenvalue weighted by atomic mass is 79.9. The summed E-state index contributed by atoms with van der Waals surface area (Å²) in [6, 6.07) is 14.2. The molecule has 2 aromatic rings. The molecule has 0 aliphatic rings. The van der Waals surface area contributed by atoms with E-state index in [1.54, 1.807) is 18.2 Å². The molecule has 0 radical (unpaired) electrons. The van der Waals surface area contributed by atoms with Crippen molar-refractivity contribution >= 4 is 33.6 Å². The van der Waals surface area contributed by atoms with Crippen molar-refractivity contribution < 1.29 is 19.7 Å². The molecule has 3 N–H and O–H groups in total. The van der Waals surface area contributed by atoms with Crippen LogP contribution in [0.5, 0.6) is 0 Å². The zero-order valence-electron chi connectivity index (χ0n) is 12.7. The van der Waals surface area contributed by atoms with Crippen molar-refractivity contribution in [3.63, 3.8) is 0 Å². The van der Waals surface area contributed by atoms with Crippen LogP contribution < -0.4 is 5.32 Å². The molecule has 2 aromatic carbocycles. The Hall–Kier alpha value is -1.60. The van der Waals surface area contributed by atoms with Crippen molar-refractivity contribution in [2.24, 2.45) is 0 Å². The highest BCUT2D eigenvalue weighted by molar-refractivity contribution is 9.10. The molecule has 0 aliphatic carbocycles. The van der Waals surface area contributed by atoms with E-state index in [4.69, 9.17) is 16.3 Å². The van der Waals surface area contributed by atoms with Crippen LogP contribution in [0, 0.1) is 0 Å². The number of aliphatic hydroxyl groups is 2. The third-order valence-electron chi connectivity index (χ3n) is 3.31. The highest BCUT2D eigenvalue weighted by Crippen LogP contribution is 2.28. The first-order chi connectivity index (χ1) is 11.5. The van der Waals surface area contributed by atoms with Crippen LogP contribution in [0.4, 0.5) is 4.79 Å². The largest absolute Gasteiger partial charge is 0.445 e. The summed E-state index contributed by atoms with van der Waals surface area (Å²) in [7, 11) is 0. The first-order valence-corrected chi connectivity index (χ1v) is 8.40. The molecule has 0 heterocycles. The molecule has 0 saturated carbocycles. The molecular formula is C17H17BrClNO4. The summed E-state index contributed by atoms with van der Waals surface area (Å²) in [5.74, 6) is 0. The maximum Gasteiger partial charge on any atom is 0.407 e. The molecule has 128 valence electrons. The Morgan fingerprint density at radius 3 is 2.62 bits per heavy atom. The fraction of sp³-hybridized carbons (Fsp3) is 0.235. The van der Waals surface area contributed by atoms with Crippen molar-refractivity contribution in [2.75, 3.05) is 6.54 Å². The Balaban J connectivity index is 1.82. The normalized spacial score (nSPS) is 13.2. The summed E-state index contributed by atoms with van der Waals surface area (Å²) in [5.41, 5.74) is 1.23. The second-order valence-corrected chi connectivity index (χ2v) is 6.44. The predicted octanol–water partition coefficient (Wildman–Crippen LogP) is 3.42. The average Bonchev–Trinajstić information content (AvgIpc) is 2.60. The number of halogens is 2. The molecule has 1 amide bonds. The van der Waals surface area contributed by atoms with Crippen molar-refractivity contribution in [1.29, 1.82) is 0 Å². The second kappa shape index (κ2) is 9.03. The van der Waals surface area contributed by atoms with Crippen LogP contribution in [0.1, 0.15) is 17.2 Å². The summed E-state index contributed by atoms with van der Waals surface area (Å²) >= 11 is 9.29. The summed E-state index contributed by atoms with van der Waals surface area (Å²) in [6.45, 7) is -0.0413. The van der Waals surface area contributed by atoms with Crippen LogP contribution in [0.3, 0.4) is 0 Å². The van der Waals surface area contributed by atoms with Crippen LogP contribution in [-0.2, 0) is 11.3 Å². The van der Waals surface area contributed by atoms with Gasteiger partial charge in [0.2, 0.25) is 0 Å². The maximum absolute atomic E-state index is 11.6. The van der Waals surface area contributed by atoms with Crippen LogP contribution in [-0.4, -0.2) is 29.0 Å². The Kier molecular flexibility index (Phi) is 7.05. The van der Waals surface area contributed by atoms with Crippen molar-refractivity contribution in [3.8, 4) is 0 Å². The molecule has 2 unspecified atom stereocenters. The summed E-state index contributed by atoms with van der Waals surface area (Å²) in [6.07, 6.45) is -3.13. The van der Waals surface area contributed by atoms with Crippen LogP contribution in [0.15, 0.2) is 53.0 Å². The monoisotopic (exact) mass is 413 g/mol. The van der Waals surface area contributed by atoms with Gasteiger partial charge in [0, 0.05) is 21.6 Å². The van der Waals surface area contributed by atoms with Gasteiger partial charge in [-0.1, -0.05) is 57.9 Å². The lowest BCUT2D eigenvalue weighted by Gasteiger charge is -2.19. The van der Waals surface area contributed by atoms with E-state index in [0.717, 1.165) is 10.0 Å². The van der Waals surface area contributed by atoms with Crippen molar-refractivity contribution in [2.45, 2.75) is 18.8 Å². The second-order valence-electron chi connectivity index (χ2n) is 5.12. The highest BCUT2D eigenvalue weighted by Gasteiger charge is 2.22. The minimum atomic E-state index is -1.23. The third-order valence-corrected chi connectivity index (χ3v) is 4.15. The molecule has 0 spiro atoms. The zero-order chi connectivity index (χ0) is 17.5. The minimum absolute atomic E-state index is 0.128. The molecule has 0 saturated heterocycles. The summed E-state index contributed by atoms with van der Waals surface area (Å²) in [4.78, 5) is 11.6. The van der Waals surface area contributed by atoms with Crippen LogP contribution in [0.2, 0.25) is 5.02 Å². The molecule has 2 rings (SSSR count). The number of aliphatic hydroxyl groups excluding tert-OH is 2. The van der Waals surface area contributed by atoms with Gasteiger partial charge in [0.25, 0.3) is 0 Å². The number of carbonyl (C=O) groups excluding carboxylic acids is 1. The van der Waals surface area contributed by atoms with Gasteiger partial charge in [0.05, 0.1) is 0 Å². The molecule has 24 heavy (non-hydrogen) atoms. The Labute approximate surface area is 153 Å². The van der Waals surface area contributed by atoms with Gasteiger partial charge in [-0.2, -0.15) is 0 Å². The predicted molar refractivity (Wildman–Crippen MR) is 94.7 cm³/mol. The van der Waals surface area contributed by atoms with E-state index in [9.17, 15) is 15.0 Å². The minimum Gasteiger partial charge on any atom is -0.445 e. The molecular weight excluding hydrogens is 398 g/mol. The van der Waals surface area contributed by atoms with E-state index in [1.807, 2.05) is 30.3 Å². The van der Waals surface area contributed by atoms with E-state index in [0.29, 0.717) is 10.6 Å². The number of ether oxygens (including phenoxy) is 1. The lowest BCUT2D eigenvalue weighted by Crippen LogP contribution is -2.35. The number of hydrogen-bond acceptors (Lipinski definition) is 4. The van der Waals surface area contributed by atoms with Gasteiger partial charge < -0.3 is 20.3 Å². The molecule has 5 nitrogen and oxygen atoms in total. The molecule has 0 fully saturated rings. The van der Waals surface area contributed by atoms with Gasteiger partial charge in [-0.05, 0) is 23.8 Å². The van der Waals surface area contributed by atoms with Gasteiger partial charge in [0.1, 0.15) is 18.8 Å². The molecule has 7 heteroatoms. The topological polar surface area (TPSA) is 78.8 Å². The van der Waals surface area contributed by atoms with Crippen molar-refractivity contribution in [1.82, 2.24) is 5.32 Å². The van der Waals surface area contributed by atoms with Crippen molar-refractivity contribution in [3.05, 3.63) is 69.2 Å². The first kappa shape index (κ1) is 18.7. The Morgan fingerprint density at radius 1 is 1.21 bits per heavy atom. The third kappa shape index (κ3) is 5.49.